The quantitative estimate of drug-likeness (QED) is 0.783. The van der Waals surface area contributed by atoms with Crippen LogP contribution in [0, 0.1) is 0 Å². The van der Waals surface area contributed by atoms with Gasteiger partial charge in [-0.2, -0.15) is 0 Å². The maximum Gasteiger partial charge on any atom is 0.224 e. The third-order valence-electron chi connectivity index (χ3n) is 3.70. The van der Waals surface area contributed by atoms with Crippen molar-refractivity contribution in [2.75, 3.05) is 18.5 Å². The lowest BCUT2D eigenvalue weighted by molar-refractivity contribution is -0.116. The molecule has 0 aromatic heterocycles. The van der Waals surface area contributed by atoms with Gasteiger partial charge in [0.15, 0.2) is 0 Å². The molecule has 23 heavy (non-hydrogen) atoms. The molecule has 0 heterocycles. The van der Waals surface area contributed by atoms with Crippen molar-refractivity contribution >= 4 is 11.6 Å². The highest BCUT2D eigenvalue weighted by Crippen LogP contribution is 2.21. The van der Waals surface area contributed by atoms with E-state index >= 15 is 0 Å². The smallest absolute Gasteiger partial charge is 0.224 e. The van der Waals surface area contributed by atoms with Crippen molar-refractivity contribution in [3.63, 3.8) is 0 Å². The number of nitrogens with two attached hydrogens (primary N) is 1. The summed E-state index contributed by atoms with van der Waals surface area (Å²) in [5, 5.41) is 2.91. The van der Waals surface area contributed by atoms with E-state index in [1.54, 1.807) is 0 Å². The van der Waals surface area contributed by atoms with Crippen LogP contribution in [0.3, 0.4) is 0 Å². The van der Waals surface area contributed by atoms with Crippen molar-refractivity contribution < 1.29 is 9.53 Å². The molecule has 4 heteroatoms. The maximum atomic E-state index is 12.0. The lowest BCUT2D eigenvalue weighted by Gasteiger charge is -2.12. The molecule has 2 aromatic rings. The molecule has 0 saturated heterocycles. The third-order valence-corrected chi connectivity index (χ3v) is 3.70. The summed E-state index contributed by atoms with van der Waals surface area (Å²) in [6, 6.07) is 17.6. The molecule has 2 aromatic carbocycles. The SMILES string of the molecule is CC(CCC(=O)Nc1ccc(OCCN)cc1)c1ccccc1. The Morgan fingerprint density at radius 1 is 1.13 bits per heavy atom. The van der Waals surface area contributed by atoms with E-state index in [0.29, 0.717) is 25.5 Å². The van der Waals surface area contributed by atoms with Gasteiger partial charge in [-0.25, -0.2) is 0 Å². The van der Waals surface area contributed by atoms with Crippen LogP contribution in [-0.4, -0.2) is 19.1 Å². The van der Waals surface area contributed by atoms with E-state index in [9.17, 15) is 4.79 Å². The number of rotatable bonds is 8. The molecule has 1 amide bonds. The summed E-state index contributed by atoms with van der Waals surface area (Å²) in [4.78, 5) is 12.0. The predicted octanol–water partition coefficient (Wildman–Crippen LogP) is 3.55. The number of carbonyl (C=O) groups excluding carboxylic acids is 1. The van der Waals surface area contributed by atoms with Crippen molar-refractivity contribution in [3.8, 4) is 5.75 Å². The van der Waals surface area contributed by atoms with Crippen molar-refractivity contribution in [1.82, 2.24) is 0 Å². The fourth-order valence-electron chi connectivity index (χ4n) is 2.33. The average molecular weight is 312 g/mol. The van der Waals surface area contributed by atoms with E-state index in [-0.39, 0.29) is 5.91 Å². The standard InChI is InChI=1S/C19H24N2O2/c1-15(16-5-3-2-4-6-16)7-12-19(22)21-17-8-10-18(11-9-17)23-14-13-20/h2-6,8-11,15H,7,12-14,20H2,1H3,(H,21,22). The second-order valence-corrected chi connectivity index (χ2v) is 5.56. The van der Waals surface area contributed by atoms with Crippen LogP contribution in [-0.2, 0) is 4.79 Å². The number of carbonyl (C=O) groups is 1. The summed E-state index contributed by atoms with van der Waals surface area (Å²) in [5.74, 6) is 1.16. The van der Waals surface area contributed by atoms with E-state index in [4.69, 9.17) is 10.5 Å². The topological polar surface area (TPSA) is 64.3 Å². The first-order chi connectivity index (χ1) is 11.2. The van der Waals surface area contributed by atoms with Gasteiger partial charge in [-0.1, -0.05) is 37.3 Å². The molecular formula is C19H24N2O2. The van der Waals surface area contributed by atoms with Crippen molar-refractivity contribution in [1.29, 1.82) is 0 Å². The molecule has 1 unspecified atom stereocenters. The van der Waals surface area contributed by atoms with E-state index in [1.165, 1.54) is 5.56 Å². The summed E-state index contributed by atoms with van der Waals surface area (Å²) >= 11 is 0. The van der Waals surface area contributed by atoms with Gasteiger partial charge in [0.25, 0.3) is 0 Å². The number of anilines is 1. The lowest BCUT2D eigenvalue weighted by Crippen LogP contribution is -2.12. The van der Waals surface area contributed by atoms with Crippen LogP contribution in [0.25, 0.3) is 0 Å². The minimum Gasteiger partial charge on any atom is -0.492 e. The highest BCUT2D eigenvalue weighted by molar-refractivity contribution is 5.90. The van der Waals surface area contributed by atoms with Crippen LogP contribution in [0.4, 0.5) is 5.69 Å². The van der Waals surface area contributed by atoms with Gasteiger partial charge in [0, 0.05) is 18.7 Å². The Labute approximate surface area is 137 Å². The average Bonchev–Trinajstić information content (AvgIpc) is 2.60. The van der Waals surface area contributed by atoms with Crippen LogP contribution in [0.2, 0.25) is 0 Å². The van der Waals surface area contributed by atoms with Gasteiger partial charge in [-0.15, -0.1) is 0 Å². The first-order valence-corrected chi connectivity index (χ1v) is 7.97. The second-order valence-electron chi connectivity index (χ2n) is 5.56. The van der Waals surface area contributed by atoms with Gasteiger partial charge in [0.05, 0.1) is 0 Å². The van der Waals surface area contributed by atoms with Gasteiger partial charge in [0.2, 0.25) is 5.91 Å². The van der Waals surface area contributed by atoms with Crippen molar-refractivity contribution in [3.05, 3.63) is 60.2 Å². The van der Waals surface area contributed by atoms with Crippen molar-refractivity contribution in [2.24, 2.45) is 5.73 Å². The Balaban J connectivity index is 1.78. The molecule has 0 aliphatic heterocycles. The van der Waals surface area contributed by atoms with Crippen molar-refractivity contribution in [2.45, 2.75) is 25.7 Å². The molecule has 2 rings (SSSR count). The molecule has 0 aliphatic carbocycles. The third kappa shape index (κ3) is 5.75. The van der Waals surface area contributed by atoms with Gasteiger partial charge >= 0.3 is 0 Å². The number of benzene rings is 2. The first-order valence-electron chi connectivity index (χ1n) is 7.97. The number of ether oxygens (including phenoxy) is 1. The molecule has 0 aliphatic rings. The van der Waals surface area contributed by atoms with Crippen LogP contribution in [0.15, 0.2) is 54.6 Å². The zero-order chi connectivity index (χ0) is 16.5. The number of hydrogen-bond acceptors (Lipinski definition) is 3. The van der Waals surface area contributed by atoms with Gasteiger partial charge in [0.1, 0.15) is 12.4 Å². The highest BCUT2D eigenvalue weighted by atomic mass is 16.5. The largest absolute Gasteiger partial charge is 0.492 e. The predicted molar refractivity (Wildman–Crippen MR) is 93.7 cm³/mol. The van der Waals surface area contributed by atoms with Crippen LogP contribution >= 0.6 is 0 Å². The maximum absolute atomic E-state index is 12.0. The zero-order valence-corrected chi connectivity index (χ0v) is 13.5. The van der Waals surface area contributed by atoms with Gasteiger partial charge < -0.3 is 15.8 Å². The van der Waals surface area contributed by atoms with Crippen LogP contribution in [0.5, 0.6) is 5.75 Å². The Morgan fingerprint density at radius 3 is 2.48 bits per heavy atom. The zero-order valence-electron chi connectivity index (χ0n) is 13.5. The van der Waals surface area contributed by atoms with E-state index in [1.807, 2.05) is 42.5 Å². The fraction of sp³-hybridized carbons (Fsp3) is 0.316. The Kier molecular flexibility index (Phi) is 6.63. The molecular weight excluding hydrogens is 288 g/mol. The highest BCUT2D eigenvalue weighted by Gasteiger charge is 2.09. The molecule has 122 valence electrons. The number of nitrogens with one attached hydrogen (secondary N) is 1. The normalized spacial score (nSPS) is 11.7. The summed E-state index contributed by atoms with van der Waals surface area (Å²) in [5.41, 5.74) is 7.44. The lowest BCUT2D eigenvalue weighted by atomic mass is 9.96. The Morgan fingerprint density at radius 2 is 1.83 bits per heavy atom. The summed E-state index contributed by atoms with van der Waals surface area (Å²) in [6.07, 6.45) is 1.33. The Hall–Kier alpha value is -2.33. The summed E-state index contributed by atoms with van der Waals surface area (Å²) < 4.78 is 5.41. The van der Waals surface area contributed by atoms with E-state index < -0.39 is 0 Å². The van der Waals surface area contributed by atoms with E-state index in [0.717, 1.165) is 17.9 Å². The minimum absolute atomic E-state index is 0.0309. The molecule has 0 saturated carbocycles. The summed E-state index contributed by atoms with van der Waals surface area (Å²) in [6.45, 7) is 3.12. The fourth-order valence-corrected chi connectivity index (χ4v) is 2.33. The van der Waals surface area contributed by atoms with E-state index in [2.05, 4.69) is 24.4 Å². The second kappa shape index (κ2) is 8.96. The van der Waals surface area contributed by atoms with Crippen LogP contribution < -0.4 is 15.8 Å². The molecule has 4 nitrogen and oxygen atoms in total. The molecule has 0 fully saturated rings. The Bertz CT molecular complexity index is 597. The molecule has 3 N–H and O–H groups in total. The van der Waals surface area contributed by atoms with Crippen LogP contribution in [0.1, 0.15) is 31.2 Å². The monoisotopic (exact) mass is 312 g/mol. The molecule has 1 atom stereocenters. The van der Waals surface area contributed by atoms with Gasteiger partial charge in [-0.05, 0) is 42.2 Å². The number of amides is 1. The van der Waals surface area contributed by atoms with Gasteiger partial charge in [-0.3, -0.25) is 4.79 Å². The summed E-state index contributed by atoms with van der Waals surface area (Å²) in [7, 11) is 0. The first kappa shape index (κ1) is 17.0. The molecule has 0 radical (unpaired) electrons. The molecule has 0 spiro atoms. The minimum atomic E-state index is 0.0309. The number of hydrogen-bond donors (Lipinski definition) is 2. The molecule has 0 bridgehead atoms.